The van der Waals surface area contributed by atoms with Crippen LogP contribution in [0.25, 0.3) is 0 Å². The normalized spacial score (nSPS) is 15.3. The summed E-state index contributed by atoms with van der Waals surface area (Å²) < 4.78 is 9.40. The summed E-state index contributed by atoms with van der Waals surface area (Å²) in [5, 5.41) is 2.59. The number of rotatable bonds is 3. The second-order valence-corrected chi connectivity index (χ2v) is 2.37. The molecule has 0 aliphatic rings. The van der Waals surface area contributed by atoms with Gasteiger partial charge in [-0.3, -0.25) is 0 Å². The molecule has 0 aromatic heterocycles. The summed E-state index contributed by atoms with van der Waals surface area (Å²) in [4.78, 5) is 10.7. The molecule has 0 spiro atoms. The standard InChI is InChI=1S/C7H15NO3/c1-5(6(2)10-3)8-7(9)11-4/h5-6H,1-4H3,(H,8,9)/t5-,6+/m1/s1. The summed E-state index contributed by atoms with van der Waals surface area (Å²) in [6.07, 6.45) is -0.435. The van der Waals surface area contributed by atoms with Crippen molar-refractivity contribution >= 4 is 6.09 Å². The number of methoxy groups -OCH3 is 2. The lowest BCUT2D eigenvalue weighted by molar-refractivity contribution is 0.0843. The maximum atomic E-state index is 10.7. The molecule has 0 aromatic rings. The molecule has 1 N–H and O–H groups in total. The average molecular weight is 161 g/mol. The lowest BCUT2D eigenvalue weighted by Gasteiger charge is -2.18. The quantitative estimate of drug-likeness (QED) is 0.665. The first-order valence-corrected chi connectivity index (χ1v) is 3.49. The van der Waals surface area contributed by atoms with E-state index in [1.54, 1.807) is 7.11 Å². The second-order valence-electron chi connectivity index (χ2n) is 2.37. The molecule has 0 saturated heterocycles. The fourth-order valence-corrected chi connectivity index (χ4v) is 0.566. The van der Waals surface area contributed by atoms with Gasteiger partial charge in [0.2, 0.25) is 0 Å². The van der Waals surface area contributed by atoms with Crippen molar-refractivity contribution < 1.29 is 14.3 Å². The summed E-state index contributed by atoms with van der Waals surface area (Å²) in [5.74, 6) is 0. The van der Waals surface area contributed by atoms with Gasteiger partial charge in [-0.1, -0.05) is 0 Å². The molecule has 0 aromatic carbocycles. The summed E-state index contributed by atoms with van der Waals surface area (Å²) in [6, 6.07) is -0.0348. The van der Waals surface area contributed by atoms with Crippen LogP contribution in [0.5, 0.6) is 0 Å². The highest BCUT2D eigenvalue weighted by molar-refractivity contribution is 5.67. The molecule has 0 aliphatic carbocycles. The number of alkyl carbamates (subject to hydrolysis) is 1. The fraction of sp³-hybridized carbons (Fsp3) is 0.857. The van der Waals surface area contributed by atoms with Gasteiger partial charge in [0.05, 0.1) is 19.3 Å². The Morgan fingerprint density at radius 1 is 1.36 bits per heavy atom. The molecular weight excluding hydrogens is 146 g/mol. The minimum absolute atomic E-state index is 0.00546. The van der Waals surface area contributed by atoms with E-state index in [1.807, 2.05) is 13.8 Å². The summed E-state index contributed by atoms with van der Waals surface area (Å²) >= 11 is 0. The van der Waals surface area contributed by atoms with Crippen molar-refractivity contribution in [3.8, 4) is 0 Å². The van der Waals surface area contributed by atoms with Crippen LogP contribution in [0.1, 0.15) is 13.8 Å². The van der Waals surface area contributed by atoms with Gasteiger partial charge < -0.3 is 14.8 Å². The van der Waals surface area contributed by atoms with Gasteiger partial charge in [-0.2, -0.15) is 0 Å². The van der Waals surface area contributed by atoms with Crippen molar-refractivity contribution in [1.82, 2.24) is 5.32 Å². The topological polar surface area (TPSA) is 47.6 Å². The molecule has 11 heavy (non-hydrogen) atoms. The zero-order chi connectivity index (χ0) is 8.85. The van der Waals surface area contributed by atoms with Crippen LogP contribution in [0.2, 0.25) is 0 Å². The van der Waals surface area contributed by atoms with E-state index >= 15 is 0 Å². The first-order chi connectivity index (χ1) is 5.11. The molecule has 0 saturated carbocycles. The number of ether oxygens (including phenoxy) is 2. The lowest BCUT2D eigenvalue weighted by Crippen LogP contribution is -2.40. The summed E-state index contributed by atoms with van der Waals surface area (Å²) in [7, 11) is 2.93. The van der Waals surface area contributed by atoms with E-state index in [-0.39, 0.29) is 12.1 Å². The monoisotopic (exact) mass is 161 g/mol. The molecule has 0 radical (unpaired) electrons. The number of amides is 1. The average Bonchev–Trinajstić information content (AvgIpc) is 2.02. The predicted octanol–water partition coefficient (Wildman–Crippen LogP) is 0.766. The zero-order valence-corrected chi connectivity index (χ0v) is 7.38. The zero-order valence-electron chi connectivity index (χ0n) is 7.38. The minimum Gasteiger partial charge on any atom is -0.453 e. The predicted molar refractivity (Wildman–Crippen MR) is 41.5 cm³/mol. The Bertz CT molecular complexity index is 127. The molecule has 0 heterocycles. The molecule has 0 fully saturated rings. The van der Waals surface area contributed by atoms with Crippen molar-refractivity contribution in [2.24, 2.45) is 0 Å². The van der Waals surface area contributed by atoms with E-state index in [4.69, 9.17) is 4.74 Å². The molecule has 4 heteroatoms. The number of hydrogen-bond donors (Lipinski definition) is 1. The van der Waals surface area contributed by atoms with E-state index in [9.17, 15) is 4.79 Å². The highest BCUT2D eigenvalue weighted by atomic mass is 16.5. The van der Waals surface area contributed by atoms with Gasteiger partial charge in [0.1, 0.15) is 0 Å². The summed E-state index contributed by atoms with van der Waals surface area (Å²) in [6.45, 7) is 3.73. The Kier molecular flexibility index (Phi) is 4.61. The molecule has 0 unspecified atom stereocenters. The first-order valence-electron chi connectivity index (χ1n) is 3.49. The fourth-order valence-electron chi connectivity index (χ4n) is 0.566. The van der Waals surface area contributed by atoms with E-state index in [1.165, 1.54) is 7.11 Å². The molecule has 66 valence electrons. The van der Waals surface area contributed by atoms with Crippen molar-refractivity contribution in [3.05, 3.63) is 0 Å². The maximum absolute atomic E-state index is 10.7. The molecular formula is C7H15NO3. The smallest absolute Gasteiger partial charge is 0.407 e. The van der Waals surface area contributed by atoms with Gasteiger partial charge in [-0.05, 0) is 13.8 Å². The Hall–Kier alpha value is -0.770. The molecule has 0 aliphatic heterocycles. The van der Waals surface area contributed by atoms with Crippen LogP contribution < -0.4 is 5.32 Å². The van der Waals surface area contributed by atoms with Crippen LogP contribution >= 0.6 is 0 Å². The third-order valence-corrected chi connectivity index (χ3v) is 1.61. The van der Waals surface area contributed by atoms with Crippen LogP contribution in [-0.2, 0) is 9.47 Å². The second kappa shape index (κ2) is 4.96. The van der Waals surface area contributed by atoms with Crippen molar-refractivity contribution in [3.63, 3.8) is 0 Å². The Morgan fingerprint density at radius 3 is 2.27 bits per heavy atom. The van der Waals surface area contributed by atoms with Crippen molar-refractivity contribution in [2.75, 3.05) is 14.2 Å². The molecule has 2 atom stereocenters. The Morgan fingerprint density at radius 2 is 1.91 bits per heavy atom. The first kappa shape index (κ1) is 10.2. The number of carbonyl (C=O) groups excluding carboxylic acids is 1. The van der Waals surface area contributed by atoms with Crippen molar-refractivity contribution in [1.29, 1.82) is 0 Å². The van der Waals surface area contributed by atoms with Crippen molar-refractivity contribution in [2.45, 2.75) is 26.0 Å². The van der Waals surface area contributed by atoms with Crippen LogP contribution in [0.15, 0.2) is 0 Å². The van der Waals surface area contributed by atoms with Gasteiger partial charge >= 0.3 is 6.09 Å². The van der Waals surface area contributed by atoms with E-state index in [0.29, 0.717) is 0 Å². The Labute approximate surface area is 66.9 Å². The molecule has 4 nitrogen and oxygen atoms in total. The van der Waals surface area contributed by atoms with Gasteiger partial charge in [-0.25, -0.2) is 4.79 Å². The van der Waals surface area contributed by atoms with Crippen LogP contribution in [0.4, 0.5) is 4.79 Å². The number of nitrogens with one attached hydrogen (secondary N) is 1. The molecule has 0 rings (SSSR count). The number of hydrogen-bond acceptors (Lipinski definition) is 3. The van der Waals surface area contributed by atoms with Crippen LogP contribution in [-0.4, -0.2) is 32.5 Å². The van der Waals surface area contributed by atoms with Gasteiger partial charge in [0.25, 0.3) is 0 Å². The van der Waals surface area contributed by atoms with Gasteiger partial charge in [-0.15, -0.1) is 0 Å². The van der Waals surface area contributed by atoms with Gasteiger partial charge in [0.15, 0.2) is 0 Å². The molecule has 1 amide bonds. The number of carbonyl (C=O) groups is 1. The summed E-state index contributed by atoms with van der Waals surface area (Å²) in [5.41, 5.74) is 0. The maximum Gasteiger partial charge on any atom is 0.407 e. The lowest BCUT2D eigenvalue weighted by atomic mass is 10.2. The van der Waals surface area contributed by atoms with E-state index in [0.717, 1.165) is 0 Å². The molecule has 0 bridgehead atoms. The van der Waals surface area contributed by atoms with Crippen LogP contribution in [0, 0.1) is 0 Å². The largest absolute Gasteiger partial charge is 0.453 e. The third-order valence-electron chi connectivity index (χ3n) is 1.61. The highest BCUT2D eigenvalue weighted by Gasteiger charge is 2.13. The van der Waals surface area contributed by atoms with Crippen LogP contribution in [0.3, 0.4) is 0 Å². The van der Waals surface area contributed by atoms with E-state index < -0.39 is 6.09 Å². The SMILES string of the molecule is COC(=O)N[C@H](C)[C@H](C)OC. The van der Waals surface area contributed by atoms with E-state index in [2.05, 4.69) is 10.1 Å². The Balaban J connectivity index is 3.67. The highest BCUT2D eigenvalue weighted by Crippen LogP contribution is 1.95. The van der Waals surface area contributed by atoms with Gasteiger partial charge in [0, 0.05) is 7.11 Å². The minimum atomic E-state index is -0.429. The third kappa shape index (κ3) is 3.83.